The highest BCUT2D eigenvalue weighted by Gasteiger charge is 2.15. The number of hydrogen-bond donors (Lipinski definition) is 2. The van der Waals surface area contributed by atoms with Gasteiger partial charge in [0.05, 0.1) is 17.4 Å². The molecule has 0 bridgehead atoms. The summed E-state index contributed by atoms with van der Waals surface area (Å²) in [6, 6.07) is 6.93. The van der Waals surface area contributed by atoms with Gasteiger partial charge in [0.1, 0.15) is 0 Å². The molecule has 0 spiro atoms. The second-order valence-corrected chi connectivity index (χ2v) is 5.24. The van der Waals surface area contributed by atoms with Crippen LogP contribution >= 0.6 is 11.8 Å². The molecule has 2 rings (SSSR count). The zero-order valence-corrected chi connectivity index (χ0v) is 12.4. The van der Waals surface area contributed by atoms with Crippen LogP contribution in [-0.2, 0) is 0 Å². The lowest BCUT2D eigenvalue weighted by molar-refractivity contribution is 0.0698. The van der Waals surface area contributed by atoms with Gasteiger partial charge in [0.25, 0.3) is 5.91 Å². The number of aromatic carboxylic acids is 1. The van der Waals surface area contributed by atoms with Crippen molar-refractivity contribution in [2.75, 3.05) is 11.6 Å². The lowest BCUT2D eigenvalue weighted by Crippen LogP contribution is -2.16. The first-order chi connectivity index (χ1) is 10.0. The number of hydrogen-bond acceptors (Lipinski definition) is 4. The number of anilines is 1. The molecule has 2 aromatic rings. The summed E-state index contributed by atoms with van der Waals surface area (Å²) in [7, 11) is 0. The summed E-state index contributed by atoms with van der Waals surface area (Å²) in [5, 5.41) is 11.7. The van der Waals surface area contributed by atoms with Crippen LogP contribution in [0.3, 0.4) is 0 Å². The van der Waals surface area contributed by atoms with Gasteiger partial charge in [-0.2, -0.15) is 0 Å². The molecular formula is C15H14N2O3S. The standard InChI is InChI=1S/C15H14N2O3S/c1-9-3-4-10(21-2)7-12(9)14(18)17-13-8-16-6-5-11(13)15(19)20/h3-8H,1-2H3,(H,17,18)(H,19,20). The van der Waals surface area contributed by atoms with Gasteiger partial charge < -0.3 is 10.4 Å². The summed E-state index contributed by atoms with van der Waals surface area (Å²) in [6.45, 7) is 1.83. The molecule has 1 heterocycles. The summed E-state index contributed by atoms with van der Waals surface area (Å²) in [4.78, 5) is 28.3. The molecule has 0 saturated carbocycles. The third kappa shape index (κ3) is 3.41. The first-order valence-electron chi connectivity index (χ1n) is 6.16. The molecule has 0 aliphatic heterocycles. The summed E-state index contributed by atoms with van der Waals surface area (Å²) in [5.41, 5.74) is 1.54. The zero-order chi connectivity index (χ0) is 15.4. The molecule has 1 aromatic heterocycles. The number of nitrogens with one attached hydrogen (secondary N) is 1. The van der Waals surface area contributed by atoms with Crippen LogP contribution in [0.2, 0.25) is 0 Å². The van der Waals surface area contributed by atoms with E-state index in [1.165, 1.54) is 30.2 Å². The molecule has 1 aromatic carbocycles. The Morgan fingerprint density at radius 2 is 2.00 bits per heavy atom. The second kappa shape index (κ2) is 6.41. The Hall–Kier alpha value is -2.34. The van der Waals surface area contributed by atoms with E-state index in [0.717, 1.165) is 10.5 Å². The molecule has 0 atom stereocenters. The minimum Gasteiger partial charge on any atom is -0.478 e. The number of carboxylic acids is 1. The van der Waals surface area contributed by atoms with Crippen LogP contribution in [0.4, 0.5) is 5.69 Å². The van der Waals surface area contributed by atoms with Gasteiger partial charge in [-0.25, -0.2) is 4.79 Å². The van der Waals surface area contributed by atoms with E-state index in [9.17, 15) is 9.59 Å². The number of carboxylic acid groups (broad SMARTS) is 1. The Kier molecular flexibility index (Phi) is 4.59. The number of rotatable bonds is 4. The van der Waals surface area contributed by atoms with Crippen molar-refractivity contribution >= 4 is 29.3 Å². The molecule has 5 nitrogen and oxygen atoms in total. The number of amides is 1. The minimum absolute atomic E-state index is 0.0111. The number of aryl methyl sites for hydroxylation is 1. The van der Waals surface area contributed by atoms with Crippen LogP contribution in [-0.4, -0.2) is 28.2 Å². The van der Waals surface area contributed by atoms with Crippen LogP contribution in [0.15, 0.2) is 41.6 Å². The summed E-state index contributed by atoms with van der Waals surface area (Å²) in [5.74, 6) is -1.46. The molecule has 6 heteroatoms. The van der Waals surface area contributed by atoms with Crippen molar-refractivity contribution in [3.63, 3.8) is 0 Å². The number of carbonyl (C=O) groups is 2. The molecule has 0 aliphatic rings. The number of thioether (sulfide) groups is 1. The highest BCUT2D eigenvalue weighted by molar-refractivity contribution is 7.98. The number of benzene rings is 1. The Balaban J connectivity index is 2.33. The van der Waals surface area contributed by atoms with Crippen molar-refractivity contribution in [2.45, 2.75) is 11.8 Å². The number of pyridine rings is 1. The zero-order valence-electron chi connectivity index (χ0n) is 11.6. The summed E-state index contributed by atoms with van der Waals surface area (Å²) in [6.07, 6.45) is 4.63. The Bertz CT molecular complexity index is 701. The monoisotopic (exact) mass is 302 g/mol. The van der Waals surface area contributed by atoms with E-state index in [0.29, 0.717) is 5.56 Å². The molecule has 0 unspecified atom stereocenters. The second-order valence-electron chi connectivity index (χ2n) is 4.36. The van der Waals surface area contributed by atoms with E-state index < -0.39 is 5.97 Å². The van der Waals surface area contributed by atoms with Gasteiger partial charge in [-0.1, -0.05) is 6.07 Å². The van der Waals surface area contributed by atoms with Gasteiger partial charge in [0.2, 0.25) is 0 Å². The molecule has 0 saturated heterocycles. The van der Waals surface area contributed by atoms with Gasteiger partial charge >= 0.3 is 5.97 Å². The average Bonchev–Trinajstić information content (AvgIpc) is 2.48. The number of carbonyl (C=O) groups excluding carboxylic acids is 1. The Morgan fingerprint density at radius 1 is 1.24 bits per heavy atom. The maximum absolute atomic E-state index is 12.3. The van der Waals surface area contributed by atoms with Crippen molar-refractivity contribution in [3.05, 3.63) is 53.3 Å². The maximum Gasteiger partial charge on any atom is 0.337 e. The SMILES string of the molecule is CSc1ccc(C)c(C(=O)Nc2cnccc2C(=O)O)c1. The van der Waals surface area contributed by atoms with E-state index in [4.69, 9.17) is 5.11 Å². The van der Waals surface area contributed by atoms with E-state index in [2.05, 4.69) is 10.3 Å². The normalized spacial score (nSPS) is 10.2. The van der Waals surface area contributed by atoms with E-state index in [-0.39, 0.29) is 17.2 Å². The van der Waals surface area contributed by atoms with Crippen LogP contribution in [0, 0.1) is 6.92 Å². The predicted molar refractivity (Wildman–Crippen MR) is 82.1 cm³/mol. The summed E-state index contributed by atoms with van der Waals surface area (Å²) >= 11 is 1.54. The topological polar surface area (TPSA) is 79.3 Å². The van der Waals surface area contributed by atoms with Crippen LogP contribution in [0.25, 0.3) is 0 Å². The van der Waals surface area contributed by atoms with Crippen LogP contribution in [0.1, 0.15) is 26.3 Å². The van der Waals surface area contributed by atoms with Crippen molar-refractivity contribution in [1.82, 2.24) is 4.98 Å². The van der Waals surface area contributed by atoms with Crippen molar-refractivity contribution in [1.29, 1.82) is 0 Å². The lowest BCUT2D eigenvalue weighted by atomic mass is 10.1. The fraction of sp³-hybridized carbons (Fsp3) is 0.133. The van der Waals surface area contributed by atoms with Gasteiger partial charge in [0.15, 0.2) is 0 Å². The molecule has 0 aliphatic carbocycles. The van der Waals surface area contributed by atoms with Crippen LogP contribution in [0.5, 0.6) is 0 Å². The fourth-order valence-electron chi connectivity index (χ4n) is 1.84. The van der Waals surface area contributed by atoms with Crippen molar-refractivity contribution in [3.8, 4) is 0 Å². The van der Waals surface area contributed by atoms with Gasteiger partial charge in [-0.05, 0) is 36.9 Å². The first-order valence-corrected chi connectivity index (χ1v) is 7.38. The number of nitrogens with zero attached hydrogens (tertiary/aromatic N) is 1. The fourth-order valence-corrected chi connectivity index (χ4v) is 2.28. The van der Waals surface area contributed by atoms with Crippen molar-refractivity contribution < 1.29 is 14.7 Å². The van der Waals surface area contributed by atoms with Crippen molar-refractivity contribution in [2.24, 2.45) is 0 Å². The summed E-state index contributed by atoms with van der Waals surface area (Å²) < 4.78 is 0. The molecule has 21 heavy (non-hydrogen) atoms. The maximum atomic E-state index is 12.3. The smallest absolute Gasteiger partial charge is 0.337 e. The van der Waals surface area contributed by atoms with Gasteiger partial charge in [-0.15, -0.1) is 11.8 Å². The predicted octanol–water partition coefficient (Wildman–Crippen LogP) is 3.06. The van der Waals surface area contributed by atoms with Crippen LogP contribution < -0.4 is 5.32 Å². The quantitative estimate of drug-likeness (QED) is 0.849. The molecule has 108 valence electrons. The van der Waals surface area contributed by atoms with Gasteiger partial charge in [0, 0.05) is 16.7 Å². The first kappa shape index (κ1) is 15.1. The van der Waals surface area contributed by atoms with E-state index in [1.807, 2.05) is 25.3 Å². The third-order valence-corrected chi connectivity index (χ3v) is 3.71. The van der Waals surface area contributed by atoms with Gasteiger partial charge in [-0.3, -0.25) is 9.78 Å². The average molecular weight is 302 g/mol. The minimum atomic E-state index is -1.11. The van der Waals surface area contributed by atoms with E-state index >= 15 is 0 Å². The van der Waals surface area contributed by atoms with E-state index in [1.54, 1.807) is 6.07 Å². The molecular weight excluding hydrogens is 288 g/mol. The highest BCUT2D eigenvalue weighted by atomic mass is 32.2. The lowest BCUT2D eigenvalue weighted by Gasteiger charge is -2.10. The number of aromatic nitrogens is 1. The molecule has 1 amide bonds. The Morgan fingerprint density at radius 3 is 2.67 bits per heavy atom. The molecule has 0 fully saturated rings. The molecule has 0 radical (unpaired) electrons. The third-order valence-electron chi connectivity index (χ3n) is 2.99. The largest absolute Gasteiger partial charge is 0.478 e. The Labute approximate surface area is 126 Å². The highest BCUT2D eigenvalue weighted by Crippen LogP contribution is 2.21. The molecule has 2 N–H and O–H groups in total.